The minimum Gasteiger partial charge on any atom is -0.497 e. The van der Waals surface area contributed by atoms with Crippen molar-refractivity contribution in [3.63, 3.8) is 0 Å². The summed E-state index contributed by atoms with van der Waals surface area (Å²) in [6.45, 7) is -0.0836. The molecule has 0 bridgehead atoms. The van der Waals surface area contributed by atoms with Crippen LogP contribution < -0.4 is 13.8 Å². The highest BCUT2D eigenvalue weighted by Crippen LogP contribution is 2.32. The fourth-order valence-electron chi connectivity index (χ4n) is 2.43. The maximum Gasteiger partial charge on any atom is 0.266 e. The van der Waals surface area contributed by atoms with Gasteiger partial charge in [-0.3, -0.25) is 0 Å². The third-order valence-corrected chi connectivity index (χ3v) is 6.70. The number of halogens is 2. The molecule has 0 unspecified atom stereocenters. The Hall–Kier alpha value is -2.43. The lowest BCUT2D eigenvalue weighted by molar-refractivity contribution is 0.391. The zero-order valence-electron chi connectivity index (χ0n) is 14.8. The smallest absolute Gasteiger partial charge is 0.266 e. The summed E-state index contributed by atoms with van der Waals surface area (Å²) >= 11 is 6.83. The second-order valence-electron chi connectivity index (χ2n) is 5.49. The van der Waals surface area contributed by atoms with Gasteiger partial charge in [0.1, 0.15) is 22.8 Å². The molecule has 0 radical (unpaired) electrons. The fourth-order valence-corrected chi connectivity index (χ4v) is 4.88. The van der Waals surface area contributed by atoms with Crippen LogP contribution in [0.1, 0.15) is 5.56 Å². The van der Waals surface area contributed by atoms with Crippen LogP contribution in [0.3, 0.4) is 0 Å². The van der Waals surface area contributed by atoms with E-state index < -0.39 is 15.8 Å². The molecule has 0 spiro atoms. The molecule has 0 atom stereocenters. The lowest BCUT2D eigenvalue weighted by atomic mass is 10.2. The Labute approximate surface area is 170 Å². The van der Waals surface area contributed by atoms with Gasteiger partial charge in [0.2, 0.25) is 5.13 Å². The average Bonchev–Trinajstić information content (AvgIpc) is 3.22. The van der Waals surface area contributed by atoms with Crippen LogP contribution in [-0.2, 0) is 16.6 Å². The van der Waals surface area contributed by atoms with E-state index in [1.54, 1.807) is 18.2 Å². The van der Waals surface area contributed by atoms with Crippen LogP contribution in [0.4, 0.5) is 9.52 Å². The molecule has 7 nitrogen and oxygen atoms in total. The normalized spacial score (nSPS) is 11.3. The first kappa shape index (κ1) is 20.3. The maximum atomic E-state index is 13.5. The van der Waals surface area contributed by atoms with Crippen LogP contribution in [0.5, 0.6) is 11.5 Å². The Kier molecular flexibility index (Phi) is 6.01. The van der Waals surface area contributed by atoms with Crippen molar-refractivity contribution in [2.45, 2.75) is 11.4 Å². The molecule has 0 saturated carbocycles. The van der Waals surface area contributed by atoms with Gasteiger partial charge < -0.3 is 9.47 Å². The summed E-state index contributed by atoms with van der Waals surface area (Å²) in [5.74, 6) is 0.303. The molecule has 0 aliphatic heterocycles. The van der Waals surface area contributed by atoms with E-state index in [0.717, 1.165) is 33.8 Å². The average molecular weight is 444 g/mol. The summed E-state index contributed by atoms with van der Waals surface area (Å²) < 4.78 is 51.6. The van der Waals surface area contributed by atoms with Gasteiger partial charge in [0, 0.05) is 11.6 Å². The first-order valence-corrected chi connectivity index (χ1v) is 10.5. The van der Waals surface area contributed by atoms with Crippen LogP contribution in [0.15, 0.2) is 46.8 Å². The second kappa shape index (κ2) is 8.29. The monoisotopic (exact) mass is 443 g/mol. The molecular weight excluding hydrogens is 429 g/mol. The Balaban J connectivity index is 2.07. The molecule has 1 aromatic heterocycles. The zero-order chi connectivity index (χ0) is 20.3. The molecule has 0 amide bonds. The Morgan fingerprint density at radius 1 is 1.18 bits per heavy atom. The van der Waals surface area contributed by atoms with E-state index in [4.69, 9.17) is 21.1 Å². The van der Waals surface area contributed by atoms with E-state index in [9.17, 15) is 12.8 Å². The molecule has 148 valence electrons. The van der Waals surface area contributed by atoms with Crippen molar-refractivity contribution in [2.24, 2.45) is 0 Å². The highest BCUT2D eigenvalue weighted by molar-refractivity contribution is 7.93. The van der Waals surface area contributed by atoms with Crippen LogP contribution >= 0.6 is 22.9 Å². The number of hydrogen-bond donors (Lipinski definition) is 0. The largest absolute Gasteiger partial charge is 0.497 e. The highest BCUT2D eigenvalue weighted by atomic mass is 35.5. The number of sulfonamides is 1. The predicted octanol–water partition coefficient (Wildman–Crippen LogP) is 3.74. The van der Waals surface area contributed by atoms with E-state index >= 15 is 0 Å². The summed E-state index contributed by atoms with van der Waals surface area (Å²) in [7, 11) is -1.11. The van der Waals surface area contributed by atoms with Gasteiger partial charge in [-0.2, -0.15) is 0 Å². The molecule has 0 saturated heterocycles. The Morgan fingerprint density at radius 3 is 2.57 bits per heavy atom. The van der Waals surface area contributed by atoms with Crippen LogP contribution in [-0.4, -0.2) is 32.8 Å². The van der Waals surface area contributed by atoms with Crippen LogP contribution in [0.25, 0.3) is 0 Å². The van der Waals surface area contributed by atoms with Gasteiger partial charge in [0.25, 0.3) is 10.0 Å². The summed E-state index contributed by atoms with van der Waals surface area (Å²) in [5, 5.41) is 7.45. The van der Waals surface area contributed by atoms with Crippen LogP contribution in [0, 0.1) is 5.82 Å². The number of rotatable bonds is 7. The third-order valence-electron chi connectivity index (χ3n) is 3.85. The minimum atomic E-state index is -4.10. The van der Waals surface area contributed by atoms with E-state index in [1.807, 2.05) is 0 Å². The third kappa shape index (κ3) is 4.03. The second-order valence-corrected chi connectivity index (χ2v) is 8.57. The molecular formula is C17H15ClFN3O4S2. The van der Waals surface area contributed by atoms with Gasteiger partial charge in [0.15, 0.2) is 0 Å². The SMILES string of the molecule is COc1ccc(CN(c2nncs2)S(=O)(=O)c2ccc(F)c(Cl)c2)c(OC)c1. The van der Waals surface area contributed by atoms with Crippen molar-refractivity contribution in [2.75, 3.05) is 18.5 Å². The van der Waals surface area contributed by atoms with Crippen molar-refractivity contribution in [1.29, 1.82) is 0 Å². The number of anilines is 1. The first-order valence-electron chi connectivity index (χ1n) is 7.81. The minimum absolute atomic E-state index is 0.0836. The Bertz CT molecular complexity index is 1080. The molecule has 0 aliphatic rings. The Morgan fingerprint density at radius 2 is 1.96 bits per heavy atom. The fraction of sp³-hybridized carbons (Fsp3) is 0.176. The standard InChI is InChI=1S/C17H15ClFN3O4S2/c1-25-12-4-3-11(16(7-12)26-2)9-22(17-21-20-10-27-17)28(23,24)13-5-6-15(19)14(18)8-13/h3-8,10H,9H2,1-2H3. The molecule has 0 N–H and O–H groups in total. The van der Waals surface area contributed by atoms with Gasteiger partial charge in [-0.15, -0.1) is 10.2 Å². The van der Waals surface area contributed by atoms with E-state index in [1.165, 1.54) is 19.7 Å². The number of benzene rings is 2. The van der Waals surface area contributed by atoms with Crippen molar-refractivity contribution < 1.29 is 22.3 Å². The number of nitrogens with zero attached hydrogens (tertiary/aromatic N) is 3. The van der Waals surface area contributed by atoms with E-state index in [-0.39, 0.29) is 21.6 Å². The number of hydrogen-bond acceptors (Lipinski definition) is 7. The number of methoxy groups -OCH3 is 2. The van der Waals surface area contributed by atoms with Gasteiger partial charge >= 0.3 is 0 Å². The predicted molar refractivity (Wildman–Crippen MR) is 104 cm³/mol. The summed E-state index contributed by atoms with van der Waals surface area (Å²) in [6, 6.07) is 8.24. The van der Waals surface area contributed by atoms with Crippen LogP contribution in [0.2, 0.25) is 5.02 Å². The molecule has 3 rings (SSSR count). The maximum absolute atomic E-state index is 13.5. The molecule has 1 heterocycles. The molecule has 11 heteroatoms. The van der Waals surface area contributed by atoms with E-state index in [0.29, 0.717) is 17.1 Å². The first-order chi connectivity index (χ1) is 13.4. The molecule has 2 aromatic carbocycles. The van der Waals surface area contributed by atoms with Gasteiger partial charge in [-0.25, -0.2) is 17.1 Å². The van der Waals surface area contributed by atoms with Crippen molar-refractivity contribution in [1.82, 2.24) is 10.2 Å². The summed E-state index contributed by atoms with van der Waals surface area (Å²) in [6.07, 6.45) is 0. The van der Waals surface area contributed by atoms with Crippen molar-refractivity contribution >= 4 is 38.1 Å². The molecule has 0 aliphatic carbocycles. The molecule has 0 fully saturated rings. The summed E-state index contributed by atoms with van der Waals surface area (Å²) in [4.78, 5) is -0.165. The van der Waals surface area contributed by atoms with Crippen molar-refractivity contribution in [3.8, 4) is 11.5 Å². The van der Waals surface area contributed by atoms with Gasteiger partial charge in [-0.05, 0) is 30.3 Å². The molecule has 3 aromatic rings. The van der Waals surface area contributed by atoms with Crippen molar-refractivity contribution in [3.05, 3.63) is 58.3 Å². The number of ether oxygens (including phenoxy) is 2. The lowest BCUT2D eigenvalue weighted by Gasteiger charge is -2.22. The topological polar surface area (TPSA) is 81.6 Å². The zero-order valence-corrected chi connectivity index (χ0v) is 17.2. The highest BCUT2D eigenvalue weighted by Gasteiger charge is 2.29. The van der Waals surface area contributed by atoms with Gasteiger partial charge in [0.05, 0.1) is 30.7 Å². The molecule has 28 heavy (non-hydrogen) atoms. The number of aromatic nitrogens is 2. The summed E-state index contributed by atoms with van der Waals surface area (Å²) in [5.41, 5.74) is 2.00. The van der Waals surface area contributed by atoms with Gasteiger partial charge in [-0.1, -0.05) is 22.9 Å². The van der Waals surface area contributed by atoms with E-state index in [2.05, 4.69) is 10.2 Å². The quantitative estimate of drug-likeness (QED) is 0.553. The lowest BCUT2D eigenvalue weighted by Crippen LogP contribution is -2.30.